The monoisotopic (exact) mass is 427 g/mol. The normalized spacial score (nSPS) is 18.1. The molecule has 0 aliphatic carbocycles. The molecule has 1 amide bonds. The van der Waals surface area contributed by atoms with Gasteiger partial charge < -0.3 is 14.9 Å². The van der Waals surface area contributed by atoms with Gasteiger partial charge in [0.1, 0.15) is 11.6 Å². The molecule has 2 aromatic carbocycles. The summed E-state index contributed by atoms with van der Waals surface area (Å²) in [6.45, 7) is 2.21. The van der Waals surface area contributed by atoms with Crippen molar-refractivity contribution in [2.75, 3.05) is 27.2 Å². The zero-order valence-corrected chi connectivity index (χ0v) is 17.3. The molecule has 31 heavy (non-hydrogen) atoms. The van der Waals surface area contributed by atoms with Gasteiger partial charge >= 0.3 is 0 Å². The Hall–Kier alpha value is -3.59. The molecule has 3 rings (SSSR count). The van der Waals surface area contributed by atoms with E-state index >= 15 is 0 Å². The van der Waals surface area contributed by atoms with Crippen molar-refractivity contribution in [2.45, 2.75) is 13.0 Å². The number of non-ortho nitro benzene ring substituents is 1. The summed E-state index contributed by atoms with van der Waals surface area (Å²) in [5, 5.41) is 21.9. The van der Waals surface area contributed by atoms with Crippen molar-refractivity contribution in [2.24, 2.45) is 0 Å². The fourth-order valence-electron chi connectivity index (χ4n) is 3.44. The van der Waals surface area contributed by atoms with Crippen LogP contribution in [0.3, 0.4) is 0 Å². The largest absolute Gasteiger partial charge is 0.507 e. The van der Waals surface area contributed by atoms with E-state index in [9.17, 15) is 29.2 Å². The molecule has 1 atom stereocenters. The highest BCUT2D eigenvalue weighted by Gasteiger charge is 2.46. The lowest BCUT2D eigenvalue weighted by atomic mass is 9.95. The van der Waals surface area contributed by atoms with E-state index in [1.807, 2.05) is 19.0 Å². The lowest BCUT2D eigenvalue weighted by molar-refractivity contribution is -0.384. The number of Topliss-reactive ketones (excluding diaryl/α,β-unsaturated/α-hetero) is 1. The third-order valence-electron chi connectivity index (χ3n) is 5.19. The summed E-state index contributed by atoms with van der Waals surface area (Å²) in [4.78, 5) is 39.2. The van der Waals surface area contributed by atoms with Crippen molar-refractivity contribution < 1.29 is 24.0 Å². The van der Waals surface area contributed by atoms with E-state index < -0.39 is 34.2 Å². The van der Waals surface area contributed by atoms with Crippen molar-refractivity contribution in [1.29, 1.82) is 0 Å². The van der Waals surface area contributed by atoms with Crippen molar-refractivity contribution in [3.05, 3.63) is 80.7 Å². The maximum Gasteiger partial charge on any atom is 0.295 e. The van der Waals surface area contributed by atoms with Crippen LogP contribution in [0.1, 0.15) is 22.7 Å². The molecule has 2 aromatic rings. The summed E-state index contributed by atoms with van der Waals surface area (Å²) in [5.41, 5.74) is 0.545. The number of likely N-dealkylation sites (N-methyl/N-ethyl adjacent to an activating group) is 1. The van der Waals surface area contributed by atoms with Gasteiger partial charge in [-0.2, -0.15) is 0 Å². The number of nitro groups is 1. The molecule has 1 heterocycles. The molecular formula is C22H22FN3O5. The van der Waals surface area contributed by atoms with Crippen LogP contribution >= 0.6 is 0 Å². The summed E-state index contributed by atoms with van der Waals surface area (Å²) in [5.74, 6) is -2.73. The van der Waals surface area contributed by atoms with Gasteiger partial charge in [0.15, 0.2) is 0 Å². The lowest BCUT2D eigenvalue weighted by Gasteiger charge is -2.26. The molecule has 0 saturated carbocycles. The number of aliphatic hydroxyl groups is 1. The number of aryl methyl sites for hydroxylation is 1. The summed E-state index contributed by atoms with van der Waals surface area (Å²) in [6, 6.07) is 8.51. The van der Waals surface area contributed by atoms with Crippen LogP contribution in [0.25, 0.3) is 5.76 Å². The first-order valence-corrected chi connectivity index (χ1v) is 9.56. The quantitative estimate of drug-likeness (QED) is 0.250. The minimum absolute atomic E-state index is 0.0700. The Bertz CT molecular complexity index is 1080. The predicted octanol–water partition coefficient (Wildman–Crippen LogP) is 3.03. The molecule has 1 fully saturated rings. The Morgan fingerprint density at radius 1 is 1.19 bits per heavy atom. The highest BCUT2D eigenvalue weighted by atomic mass is 19.1. The molecule has 0 aromatic heterocycles. The fraction of sp³-hybridized carbons (Fsp3) is 0.273. The van der Waals surface area contributed by atoms with E-state index in [0.717, 1.165) is 6.07 Å². The van der Waals surface area contributed by atoms with Gasteiger partial charge in [-0.15, -0.1) is 0 Å². The summed E-state index contributed by atoms with van der Waals surface area (Å²) in [7, 11) is 3.62. The molecule has 1 aliphatic heterocycles. The number of amides is 1. The zero-order chi connectivity index (χ0) is 22.9. The smallest absolute Gasteiger partial charge is 0.295 e. The van der Waals surface area contributed by atoms with Crippen LogP contribution in [0.2, 0.25) is 0 Å². The van der Waals surface area contributed by atoms with Gasteiger partial charge in [0.25, 0.3) is 17.4 Å². The van der Waals surface area contributed by atoms with Crippen molar-refractivity contribution in [3.8, 4) is 0 Å². The molecule has 1 aliphatic rings. The lowest BCUT2D eigenvalue weighted by Crippen LogP contribution is -2.35. The van der Waals surface area contributed by atoms with Crippen LogP contribution in [-0.4, -0.2) is 58.7 Å². The van der Waals surface area contributed by atoms with Gasteiger partial charge in [-0.1, -0.05) is 12.1 Å². The Kier molecular flexibility index (Phi) is 6.16. The summed E-state index contributed by atoms with van der Waals surface area (Å²) in [6.07, 6.45) is 0. The Balaban J connectivity index is 2.16. The number of carbonyl (C=O) groups is 2. The molecule has 0 spiro atoms. The maximum absolute atomic E-state index is 14.1. The number of halogens is 1. The summed E-state index contributed by atoms with van der Waals surface area (Å²) < 4.78 is 14.1. The number of hydrogen-bond acceptors (Lipinski definition) is 6. The topological polar surface area (TPSA) is 104 Å². The van der Waals surface area contributed by atoms with Crippen LogP contribution in [0.4, 0.5) is 10.1 Å². The number of benzene rings is 2. The van der Waals surface area contributed by atoms with E-state index in [4.69, 9.17) is 0 Å². The highest BCUT2D eigenvalue weighted by molar-refractivity contribution is 6.46. The average Bonchev–Trinajstić information content (AvgIpc) is 2.98. The van der Waals surface area contributed by atoms with E-state index in [1.54, 1.807) is 6.92 Å². The second kappa shape index (κ2) is 8.65. The van der Waals surface area contributed by atoms with E-state index in [-0.39, 0.29) is 23.4 Å². The average molecular weight is 427 g/mol. The van der Waals surface area contributed by atoms with Gasteiger partial charge in [-0.25, -0.2) is 4.39 Å². The Morgan fingerprint density at radius 3 is 2.39 bits per heavy atom. The number of nitrogens with zero attached hydrogens (tertiary/aromatic N) is 3. The Labute approximate surface area is 178 Å². The van der Waals surface area contributed by atoms with Crippen LogP contribution in [0.5, 0.6) is 0 Å². The summed E-state index contributed by atoms with van der Waals surface area (Å²) >= 11 is 0. The molecule has 1 N–H and O–H groups in total. The van der Waals surface area contributed by atoms with Crippen LogP contribution in [0, 0.1) is 22.9 Å². The van der Waals surface area contributed by atoms with E-state index in [0.29, 0.717) is 17.7 Å². The van der Waals surface area contributed by atoms with Gasteiger partial charge in [-0.05, 0) is 50.3 Å². The molecule has 8 nitrogen and oxygen atoms in total. The van der Waals surface area contributed by atoms with Crippen molar-refractivity contribution >= 4 is 23.1 Å². The second-order valence-corrected chi connectivity index (χ2v) is 7.61. The van der Waals surface area contributed by atoms with Crippen molar-refractivity contribution in [1.82, 2.24) is 9.80 Å². The van der Waals surface area contributed by atoms with E-state index in [2.05, 4.69) is 0 Å². The highest BCUT2D eigenvalue weighted by Crippen LogP contribution is 2.39. The standard InChI is InChI=1S/C22H22FN3O5/c1-13-4-5-15(12-17(13)23)20(27)18-19(14-6-8-16(9-7-14)26(30)31)25(11-10-24(2)3)22(29)21(18)28/h4-9,12,19,27H,10-11H2,1-3H3. The third kappa shape index (κ3) is 4.31. The van der Waals surface area contributed by atoms with Gasteiger partial charge in [0.2, 0.25) is 0 Å². The first kappa shape index (κ1) is 22.1. The van der Waals surface area contributed by atoms with Crippen LogP contribution in [-0.2, 0) is 9.59 Å². The molecular weight excluding hydrogens is 405 g/mol. The molecule has 0 bridgehead atoms. The minimum atomic E-state index is -0.954. The van der Waals surface area contributed by atoms with Crippen LogP contribution < -0.4 is 0 Å². The number of ketones is 1. The van der Waals surface area contributed by atoms with E-state index in [1.165, 1.54) is 41.3 Å². The molecule has 0 radical (unpaired) electrons. The minimum Gasteiger partial charge on any atom is -0.507 e. The number of carbonyl (C=O) groups excluding carboxylic acids is 2. The molecule has 162 valence electrons. The predicted molar refractivity (Wildman–Crippen MR) is 112 cm³/mol. The SMILES string of the molecule is Cc1ccc(C(O)=C2C(=O)C(=O)N(CCN(C)C)C2c2ccc([N+](=O)[O-])cc2)cc1F. The molecule has 9 heteroatoms. The number of likely N-dealkylation sites (tertiary alicyclic amines) is 1. The van der Waals surface area contributed by atoms with Crippen molar-refractivity contribution in [3.63, 3.8) is 0 Å². The molecule has 1 unspecified atom stereocenters. The first-order valence-electron chi connectivity index (χ1n) is 9.56. The van der Waals surface area contributed by atoms with Crippen LogP contribution in [0.15, 0.2) is 48.0 Å². The Morgan fingerprint density at radius 2 is 1.84 bits per heavy atom. The fourth-order valence-corrected chi connectivity index (χ4v) is 3.44. The maximum atomic E-state index is 14.1. The number of rotatable bonds is 6. The van der Waals surface area contributed by atoms with Gasteiger partial charge in [0, 0.05) is 30.8 Å². The number of nitro benzene ring substituents is 1. The third-order valence-corrected chi connectivity index (χ3v) is 5.19. The first-order chi connectivity index (χ1) is 14.6. The second-order valence-electron chi connectivity index (χ2n) is 7.61. The van der Waals surface area contributed by atoms with Gasteiger partial charge in [-0.3, -0.25) is 19.7 Å². The molecule has 1 saturated heterocycles. The van der Waals surface area contributed by atoms with Gasteiger partial charge in [0.05, 0.1) is 16.5 Å². The number of hydrogen-bond donors (Lipinski definition) is 1. The zero-order valence-electron chi connectivity index (χ0n) is 17.3. The number of aliphatic hydroxyl groups excluding tert-OH is 1.